The number of nitrogens with two attached hydrogens (primary N) is 1. The van der Waals surface area contributed by atoms with Crippen molar-refractivity contribution in [2.45, 2.75) is 6.54 Å². The van der Waals surface area contributed by atoms with Crippen LogP contribution in [0.2, 0.25) is 0 Å². The highest BCUT2D eigenvalue weighted by Crippen LogP contribution is 2.19. The second-order valence-corrected chi connectivity index (χ2v) is 4.05. The van der Waals surface area contributed by atoms with Crippen LogP contribution in [0.5, 0.6) is 11.8 Å². The van der Waals surface area contributed by atoms with Crippen LogP contribution in [0.4, 0.5) is 0 Å². The van der Waals surface area contributed by atoms with E-state index in [9.17, 15) is 0 Å². The second kappa shape index (κ2) is 5.05. The van der Waals surface area contributed by atoms with Crippen LogP contribution in [0, 0.1) is 0 Å². The number of hydrogen-bond donors (Lipinski definition) is 1. The molecule has 0 bridgehead atoms. The van der Waals surface area contributed by atoms with Gasteiger partial charge in [0.05, 0.1) is 4.47 Å². The van der Waals surface area contributed by atoms with Crippen molar-refractivity contribution in [2.75, 3.05) is 0 Å². The van der Waals surface area contributed by atoms with Crippen molar-refractivity contribution in [1.29, 1.82) is 0 Å². The number of halogens is 1. The first-order valence-electron chi connectivity index (χ1n) is 4.72. The summed E-state index contributed by atoms with van der Waals surface area (Å²) < 4.78 is 6.29. The summed E-state index contributed by atoms with van der Waals surface area (Å²) in [5.41, 5.74) is 6.55. The minimum Gasteiger partial charge on any atom is -0.424 e. The van der Waals surface area contributed by atoms with Crippen molar-refractivity contribution < 1.29 is 4.74 Å². The first-order valence-corrected chi connectivity index (χ1v) is 5.51. The molecule has 0 radical (unpaired) electrons. The second-order valence-electron chi connectivity index (χ2n) is 3.14. The summed E-state index contributed by atoms with van der Waals surface area (Å²) in [4.78, 5) is 8.04. The minimum absolute atomic E-state index is 0.317. The van der Waals surface area contributed by atoms with Gasteiger partial charge in [0.1, 0.15) is 5.75 Å². The monoisotopic (exact) mass is 279 g/mol. The molecule has 0 atom stereocenters. The highest BCUT2D eigenvalue weighted by molar-refractivity contribution is 9.10. The van der Waals surface area contributed by atoms with Gasteiger partial charge >= 0.3 is 6.01 Å². The van der Waals surface area contributed by atoms with Crippen LogP contribution in [0.15, 0.2) is 41.1 Å². The van der Waals surface area contributed by atoms with E-state index in [1.807, 2.05) is 24.3 Å². The molecule has 0 aliphatic carbocycles. The van der Waals surface area contributed by atoms with Gasteiger partial charge in [0.25, 0.3) is 0 Å². The average Bonchev–Trinajstić information content (AvgIpc) is 2.32. The lowest BCUT2D eigenvalue weighted by atomic mass is 10.2. The smallest absolute Gasteiger partial charge is 0.321 e. The Morgan fingerprint density at radius 2 is 2.00 bits per heavy atom. The molecule has 0 spiro atoms. The van der Waals surface area contributed by atoms with Gasteiger partial charge in [-0.25, -0.2) is 9.97 Å². The zero-order valence-corrected chi connectivity index (χ0v) is 10.0. The zero-order valence-electron chi connectivity index (χ0n) is 8.43. The number of rotatable bonds is 3. The predicted molar refractivity (Wildman–Crippen MR) is 64.1 cm³/mol. The number of nitrogens with zero attached hydrogens (tertiary/aromatic N) is 2. The van der Waals surface area contributed by atoms with E-state index >= 15 is 0 Å². The number of hydrogen-bond acceptors (Lipinski definition) is 4. The van der Waals surface area contributed by atoms with E-state index < -0.39 is 0 Å². The van der Waals surface area contributed by atoms with E-state index in [-0.39, 0.29) is 0 Å². The van der Waals surface area contributed by atoms with Crippen molar-refractivity contribution in [3.05, 3.63) is 46.7 Å². The lowest BCUT2D eigenvalue weighted by molar-refractivity contribution is 0.441. The maximum Gasteiger partial charge on any atom is 0.321 e. The van der Waals surface area contributed by atoms with Crippen molar-refractivity contribution >= 4 is 15.9 Å². The minimum atomic E-state index is 0.317. The summed E-state index contributed by atoms with van der Waals surface area (Å²) in [5, 5.41) is 0. The van der Waals surface area contributed by atoms with Gasteiger partial charge in [-0.1, -0.05) is 12.1 Å². The van der Waals surface area contributed by atoms with Crippen LogP contribution in [-0.2, 0) is 6.54 Å². The molecule has 0 unspecified atom stereocenters. The molecule has 2 rings (SSSR count). The maximum absolute atomic E-state index is 5.54. The van der Waals surface area contributed by atoms with E-state index in [0.717, 1.165) is 10.0 Å². The molecule has 0 aliphatic heterocycles. The van der Waals surface area contributed by atoms with E-state index in [1.165, 1.54) is 0 Å². The van der Waals surface area contributed by atoms with Crippen LogP contribution in [-0.4, -0.2) is 9.97 Å². The number of benzene rings is 1. The van der Waals surface area contributed by atoms with Crippen LogP contribution >= 0.6 is 15.9 Å². The fourth-order valence-electron chi connectivity index (χ4n) is 1.19. The lowest BCUT2D eigenvalue weighted by Crippen LogP contribution is -1.97. The molecule has 2 aromatic rings. The van der Waals surface area contributed by atoms with Crippen molar-refractivity contribution in [3.63, 3.8) is 0 Å². The third-order valence-corrected chi connectivity index (χ3v) is 2.35. The molecule has 1 aromatic carbocycles. The van der Waals surface area contributed by atoms with Gasteiger partial charge in [-0.05, 0) is 33.6 Å². The van der Waals surface area contributed by atoms with Gasteiger partial charge < -0.3 is 10.5 Å². The first-order chi connectivity index (χ1) is 7.78. The molecule has 1 aromatic heterocycles. The third-order valence-electron chi connectivity index (χ3n) is 1.94. The highest BCUT2D eigenvalue weighted by atomic mass is 79.9. The molecule has 82 valence electrons. The topological polar surface area (TPSA) is 61.0 Å². The quantitative estimate of drug-likeness (QED) is 0.938. The highest BCUT2D eigenvalue weighted by Gasteiger charge is 2.00. The molecule has 4 nitrogen and oxygen atoms in total. The van der Waals surface area contributed by atoms with Crippen LogP contribution < -0.4 is 10.5 Å². The molecule has 5 heteroatoms. The molecule has 2 N–H and O–H groups in total. The van der Waals surface area contributed by atoms with Gasteiger partial charge in [-0.2, -0.15) is 0 Å². The van der Waals surface area contributed by atoms with Gasteiger partial charge in [0.2, 0.25) is 0 Å². The number of ether oxygens (including phenoxy) is 1. The van der Waals surface area contributed by atoms with Gasteiger partial charge in [0, 0.05) is 18.9 Å². The Labute approximate surface area is 102 Å². The van der Waals surface area contributed by atoms with Crippen molar-refractivity contribution in [2.24, 2.45) is 5.73 Å². The molecule has 0 saturated heterocycles. The summed E-state index contributed by atoms with van der Waals surface area (Å²) in [7, 11) is 0. The Morgan fingerprint density at radius 1 is 1.25 bits per heavy atom. The van der Waals surface area contributed by atoms with E-state index in [2.05, 4.69) is 25.9 Å². The molecular formula is C11H10BrN3O. The van der Waals surface area contributed by atoms with Crippen molar-refractivity contribution in [1.82, 2.24) is 9.97 Å². The van der Waals surface area contributed by atoms with Gasteiger partial charge in [-0.15, -0.1) is 0 Å². The first kappa shape index (κ1) is 11.0. The lowest BCUT2D eigenvalue weighted by Gasteiger charge is -2.04. The van der Waals surface area contributed by atoms with Gasteiger partial charge in [-0.3, -0.25) is 0 Å². The summed E-state index contributed by atoms with van der Waals surface area (Å²) >= 11 is 3.26. The summed E-state index contributed by atoms with van der Waals surface area (Å²) in [6.45, 7) is 0.485. The Balaban J connectivity index is 2.16. The Bertz CT molecular complexity index is 473. The molecular weight excluding hydrogens is 270 g/mol. The SMILES string of the molecule is NCc1cccc(Oc2ncc(Br)cn2)c1. The Hall–Kier alpha value is -1.46. The number of aromatic nitrogens is 2. The molecule has 16 heavy (non-hydrogen) atoms. The van der Waals surface area contributed by atoms with Gasteiger partial charge in [0.15, 0.2) is 0 Å². The van der Waals surface area contributed by atoms with Crippen molar-refractivity contribution in [3.8, 4) is 11.8 Å². The molecule has 0 aliphatic rings. The maximum atomic E-state index is 5.54. The normalized spacial score (nSPS) is 10.1. The largest absolute Gasteiger partial charge is 0.424 e. The molecule has 0 saturated carbocycles. The molecule has 1 heterocycles. The predicted octanol–water partition coefficient (Wildman–Crippen LogP) is 2.49. The Kier molecular flexibility index (Phi) is 3.48. The van der Waals surface area contributed by atoms with E-state index in [1.54, 1.807) is 12.4 Å². The third kappa shape index (κ3) is 2.77. The van der Waals surface area contributed by atoms with Crippen LogP contribution in [0.3, 0.4) is 0 Å². The average molecular weight is 280 g/mol. The summed E-state index contributed by atoms with van der Waals surface area (Å²) in [5.74, 6) is 0.685. The fourth-order valence-corrected chi connectivity index (χ4v) is 1.40. The summed E-state index contributed by atoms with van der Waals surface area (Å²) in [6.07, 6.45) is 3.27. The standard InChI is InChI=1S/C11H10BrN3O/c12-9-6-14-11(15-7-9)16-10-3-1-2-8(4-10)5-13/h1-4,6-7H,5,13H2. The Morgan fingerprint density at radius 3 is 2.69 bits per heavy atom. The molecule has 0 fully saturated rings. The van der Waals surface area contributed by atoms with E-state index in [0.29, 0.717) is 18.3 Å². The van der Waals surface area contributed by atoms with Crippen LogP contribution in [0.25, 0.3) is 0 Å². The van der Waals surface area contributed by atoms with E-state index in [4.69, 9.17) is 10.5 Å². The molecule has 0 amide bonds. The fraction of sp³-hybridized carbons (Fsp3) is 0.0909. The zero-order chi connectivity index (χ0) is 11.4. The summed E-state index contributed by atoms with van der Waals surface area (Å²) in [6, 6.07) is 7.85. The van der Waals surface area contributed by atoms with Crippen LogP contribution in [0.1, 0.15) is 5.56 Å².